The van der Waals surface area contributed by atoms with Gasteiger partial charge in [-0.15, -0.1) is 10.2 Å². The highest BCUT2D eigenvalue weighted by Crippen LogP contribution is 2.35. The molecule has 0 aliphatic carbocycles. The highest BCUT2D eigenvalue weighted by Gasteiger charge is 2.35. The Labute approximate surface area is 359 Å². The minimum atomic E-state index is -4.74. The molecule has 310 valence electrons. The number of nitrogens with two attached hydrogens (primary N) is 2. The second-order valence-electron chi connectivity index (χ2n) is 14.3. The number of alkyl halides is 3. The summed E-state index contributed by atoms with van der Waals surface area (Å²) in [5.74, 6) is -1.71. The fraction of sp³-hybridized carbons (Fsp3) is 0.0667. The predicted octanol–water partition coefficient (Wildman–Crippen LogP) is 8.05. The van der Waals surface area contributed by atoms with E-state index in [2.05, 4.69) is 41.6 Å². The van der Waals surface area contributed by atoms with Crippen molar-refractivity contribution in [3.8, 4) is 22.5 Å². The van der Waals surface area contributed by atoms with E-state index in [-0.39, 0.29) is 16.8 Å². The number of carbonyl (C=O) groups is 2. The van der Waals surface area contributed by atoms with Crippen LogP contribution >= 0.6 is 11.6 Å². The first-order valence-corrected chi connectivity index (χ1v) is 19.4. The topological polar surface area (TPSA) is 199 Å². The van der Waals surface area contributed by atoms with Gasteiger partial charge in [0.25, 0.3) is 0 Å². The number of rotatable bonds is 8. The first-order valence-electron chi connectivity index (χ1n) is 19.1. The Morgan fingerprint density at radius 1 is 0.571 bits per heavy atom. The minimum Gasteiger partial charge on any atom is -0.366 e. The maximum absolute atomic E-state index is 13.5. The van der Waals surface area contributed by atoms with E-state index >= 15 is 0 Å². The second-order valence-corrected chi connectivity index (χ2v) is 14.7. The standard InChI is InChI=1S/C23H15F3N6O.C22H15ClN6O/c24-23(25,26)17-11-15(4-5-16(17)21(27)33)19-7-8-20-22(29-19)32(31-30-20)12-13-3-6-18-14(10-13)2-1-9-28-18;23-17-11-15(4-5-16(17)21(24)30)19-7-8-20-22(26-19)29(28-27-20)12-13-3-6-18-14(10-13)2-1-9-25-18/h1-11H,12H2,(H2,27,33);1-11H,12H2,(H2,24,30). The third-order valence-corrected chi connectivity index (χ3v) is 10.4. The summed E-state index contributed by atoms with van der Waals surface area (Å²) < 4.78 is 43.7. The highest BCUT2D eigenvalue weighted by atomic mass is 35.5. The van der Waals surface area contributed by atoms with Gasteiger partial charge >= 0.3 is 6.18 Å². The van der Waals surface area contributed by atoms with Crippen molar-refractivity contribution in [2.75, 3.05) is 0 Å². The smallest absolute Gasteiger partial charge is 0.366 e. The molecule has 0 radical (unpaired) electrons. The van der Waals surface area contributed by atoms with E-state index < -0.39 is 29.1 Å². The highest BCUT2D eigenvalue weighted by molar-refractivity contribution is 6.34. The summed E-state index contributed by atoms with van der Waals surface area (Å²) in [6.07, 6.45) is -1.24. The Morgan fingerprint density at radius 2 is 1.05 bits per heavy atom. The molecular weight excluding hydrogens is 833 g/mol. The van der Waals surface area contributed by atoms with Gasteiger partial charge in [0, 0.05) is 34.3 Å². The quantitative estimate of drug-likeness (QED) is 0.151. The first-order chi connectivity index (χ1) is 30.4. The molecule has 63 heavy (non-hydrogen) atoms. The van der Waals surface area contributed by atoms with Crippen molar-refractivity contribution in [1.29, 1.82) is 0 Å². The molecule has 4 N–H and O–H groups in total. The maximum Gasteiger partial charge on any atom is 0.417 e. The molecule has 0 bridgehead atoms. The van der Waals surface area contributed by atoms with E-state index in [1.807, 2.05) is 66.7 Å². The minimum absolute atomic E-state index is 0.193. The van der Waals surface area contributed by atoms with E-state index in [4.69, 9.17) is 28.1 Å². The van der Waals surface area contributed by atoms with Gasteiger partial charge in [-0.25, -0.2) is 19.3 Å². The Morgan fingerprint density at radius 3 is 1.52 bits per heavy atom. The zero-order valence-corrected chi connectivity index (χ0v) is 33.3. The molecular formula is C45H30ClF3N12O2. The number of hydrogen-bond donors (Lipinski definition) is 2. The fourth-order valence-electron chi connectivity index (χ4n) is 7.06. The summed E-state index contributed by atoms with van der Waals surface area (Å²) >= 11 is 6.19. The normalized spacial score (nSPS) is 11.6. The molecule has 6 heterocycles. The van der Waals surface area contributed by atoms with Gasteiger partial charge < -0.3 is 11.5 Å². The molecule has 0 unspecified atom stereocenters. The van der Waals surface area contributed by atoms with E-state index in [0.717, 1.165) is 50.6 Å². The Bertz CT molecular complexity index is 3410. The lowest BCUT2D eigenvalue weighted by atomic mass is 10.0. The zero-order chi connectivity index (χ0) is 43.8. The number of halogens is 4. The van der Waals surface area contributed by atoms with Crippen molar-refractivity contribution < 1.29 is 22.8 Å². The molecule has 0 spiro atoms. The summed E-state index contributed by atoms with van der Waals surface area (Å²) in [6, 6.07) is 34.9. The summed E-state index contributed by atoms with van der Waals surface area (Å²) in [4.78, 5) is 40.7. The van der Waals surface area contributed by atoms with Gasteiger partial charge in [-0.05, 0) is 96.1 Å². The van der Waals surface area contributed by atoms with Gasteiger partial charge in [0.1, 0.15) is 11.0 Å². The van der Waals surface area contributed by atoms with Crippen LogP contribution in [0.25, 0.3) is 66.6 Å². The Kier molecular flexibility index (Phi) is 10.4. The van der Waals surface area contributed by atoms with Crippen molar-refractivity contribution >= 4 is 67.5 Å². The maximum atomic E-state index is 13.5. The molecule has 0 fully saturated rings. The molecule has 0 atom stereocenters. The molecule has 2 amide bonds. The largest absolute Gasteiger partial charge is 0.417 e. The average molecular weight is 863 g/mol. The number of hydrogen-bond acceptors (Lipinski definition) is 10. The number of pyridine rings is 4. The van der Waals surface area contributed by atoms with Crippen LogP contribution in [0.15, 0.2) is 134 Å². The van der Waals surface area contributed by atoms with E-state index in [0.29, 0.717) is 46.1 Å². The third-order valence-electron chi connectivity index (χ3n) is 10.1. The fourth-order valence-corrected chi connectivity index (χ4v) is 7.34. The number of fused-ring (bicyclic) bond motifs is 4. The molecule has 10 aromatic rings. The SMILES string of the molecule is NC(=O)c1ccc(-c2ccc3nnn(Cc4ccc5ncccc5c4)c3n2)cc1C(F)(F)F.NC(=O)c1ccc(-c2ccc3nnn(Cc4ccc5ncccc5c4)c3n2)cc1Cl. The van der Waals surface area contributed by atoms with E-state index in [1.54, 1.807) is 52.1 Å². The van der Waals surface area contributed by atoms with Crippen LogP contribution in [0.5, 0.6) is 0 Å². The number of nitrogens with zero attached hydrogens (tertiary/aromatic N) is 10. The number of amides is 2. The van der Waals surface area contributed by atoms with Crippen LogP contribution in [0.1, 0.15) is 37.4 Å². The molecule has 18 heteroatoms. The summed E-state index contributed by atoms with van der Waals surface area (Å²) in [7, 11) is 0. The van der Waals surface area contributed by atoms with Gasteiger partial charge in [-0.1, -0.05) is 58.4 Å². The number of aromatic nitrogens is 10. The number of primary amides is 2. The van der Waals surface area contributed by atoms with Crippen LogP contribution in [-0.4, -0.2) is 61.7 Å². The summed E-state index contributed by atoms with van der Waals surface area (Å²) in [6.45, 7) is 0.894. The van der Waals surface area contributed by atoms with Crippen molar-refractivity contribution in [2.24, 2.45) is 11.5 Å². The average Bonchev–Trinajstić information content (AvgIpc) is 3.88. The van der Waals surface area contributed by atoms with Gasteiger partial charge in [-0.3, -0.25) is 19.6 Å². The van der Waals surface area contributed by atoms with Crippen LogP contribution in [-0.2, 0) is 19.3 Å². The molecule has 10 rings (SSSR count). The Balaban J connectivity index is 0.000000161. The molecule has 6 aromatic heterocycles. The van der Waals surface area contributed by atoms with Gasteiger partial charge in [0.15, 0.2) is 11.3 Å². The van der Waals surface area contributed by atoms with Crippen molar-refractivity contribution in [3.63, 3.8) is 0 Å². The second kappa shape index (κ2) is 16.4. The summed E-state index contributed by atoms with van der Waals surface area (Å²) in [5.41, 5.74) is 17.1. The lowest BCUT2D eigenvalue weighted by molar-refractivity contribution is -0.137. The van der Waals surface area contributed by atoms with Crippen LogP contribution in [0, 0.1) is 0 Å². The predicted molar refractivity (Wildman–Crippen MR) is 230 cm³/mol. The molecule has 0 aliphatic rings. The van der Waals surface area contributed by atoms with Gasteiger partial charge in [-0.2, -0.15) is 13.2 Å². The third kappa shape index (κ3) is 8.32. The lowest BCUT2D eigenvalue weighted by Crippen LogP contribution is -2.18. The van der Waals surface area contributed by atoms with Crippen LogP contribution < -0.4 is 11.5 Å². The van der Waals surface area contributed by atoms with Gasteiger partial charge in [0.2, 0.25) is 11.8 Å². The lowest BCUT2D eigenvalue weighted by Gasteiger charge is -2.12. The molecule has 0 saturated heterocycles. The summed E-state index contributed by atoms with van der Waals surface area (Å²) in [5, 5.41) is 19.1. The van der Waals surface area contributed by atoms with Crippen LogP contribution in [0.3, 0.4) is 0 Å². The van der Waals surface area contributed by atoms with Crippen molar-refractivity contribution in [2.45, 2.75) is 19.3 Å². The van der Waals surface area contributed by atoms with E-state index in [9.17, 15) is 22.8 Å². The Hall–Kier alpha value is -8.18. The molecule has 4 aromatic carbocycles. The first kappa shape index (κ1) is 40.2. The van der Waals surface area contributed by atoms with Crippen LogP contribution in [0.4, 0.5) is 13.2 Å². The number of carbonyl (C=O) groups excluding carboxylic acids is 2. The van der Waals surface area contributed by atoms with Crippen molar-refractivity contribution in [3.05, 3.63) is 167 Å². The number of benzene rings is 4. The molecule has 0 saturated carbocycles. The van der Waals surface area contributed by atoms with Crippen LogP contribution in [0.2, 0.25) is 5.02 Å². The zero-order valence-electron chi connectivity index (χ0n) is 32.6. The van der Waals surface area contributed by atoms with Gasteiger partial charge in [0.05, 0.1) is 57.2 Å². The molecule has 14 nitrogen and oxygen atoms in total. The van der Waals surface area contributed by atoms with Crippen molar-refractivity contribution in [1.82, 2.24) is 49.9 Å². The monoisotopic (exact) mass is 862 g/mol. The molecule has 0 aliphatic heterocycles. The van der Waals surface area contributed by atoms with E-state index in [1.165, 1.54) is 6.07 Å².